The minimum atomic E-state index is -0.124. The Balaban J connectivity index is 1.90. The first kappa shape index (κ1) is 14.2. The molecule has 112 valence electrons. The highest BCUT2D eigenvalue weighted by Gasteiger charge is 2.21. The summed E-state index contributed by atoms with van der Waals surface area (Å²) < 4.78 is 1.40. The number of aromatic nitrogens is 3. The lowest BCUT2D eigenvalue weighted by Crippen LogP contribution is -2.42. The molecule has 0 bridgehead atoms. The van der Waals surface area contributed by atoms with E-state index in [1.54, 1.807) is 12.1 Å². The van der Waals surface area contributed by atoms with Crippen LogP contribution in [0, 0.1) is 0 Å². The van der Waals surface area contributed by atoms with Gasteiger partial charge in [0.25, 0.3) is 5.56 Å². The standard InChI is InChI=1S/C15H20N4O2/c20-10-12-6-2-1-5-9-18(12)11-19-15(21)13-7-3-4-8-14(13)16-17-19/h3-4,7-8,12,20H,1-2,5-6,9-11H2. The predicted octanol–water partition coefficient (Wildman–Crippen LogP) is 0.986. The first-order valence-corrected chi connectivity index (χ1v) is 7.47. The van der Waals surface area contributed by atoms with Crippen molar-refractivity contribution in [1.82, 2.24) is 19.9 Å². The highest BCUT2D eigenvalue weighted by molar-refractivity contribution is 5.76. The normalized spacial score (nSPS) is 20.5. The van der Waals surface area contributed by atoms with Crippen molar-refractivity contribution in [3.63, 3.8) is 0 Å². The van der Waals surface area contributed by atoms with Crippen LogP contribution in [-0.2, 0) is 6.67 Å². The van der Waals surface area contributed by atoms with Crippen LogP contribution in [-0.4, -0.2) is 44.2 Å². The molecule has 1 aliphatic rings. The Bertz CT molecular complexity index is 670. The maximum atomic E-state index is 12.5. The molecule has 2 heterocycles. The predicted molar refractivity (Wildman–Crippen MR) is 79.8 cm³/mol. The van der Waals surface area contributed by atoms with Gasteiger partial charge in [-0.3, -0.25) is 9.69 Å². The van der Waals surface area contributed by atoms with E-state index in [1.165, 1.54) is 11.1 Å². The molecule has 1 aromatic carbocycles. The Labute approximate surface area is 123 Å². The zero-order valence-corrected chi connectivity index (χ0v) is 12.0. The number of rotatable bonds is 3. The van der Waals surface area contributed by atoms with Gasteiger partial charge in [-0.05, 0) is 25.0 Å². The van der Waals surface area contributed by atoms with Gasteiger partial charge >= 0.3 is 0 Å². The van der Waals surface area contributed by atoms with Crippen LogP contribution in [0.5, 0.6) is 0 Å². The summed E-state index contributed by atoms with van der Waals surface area (Å²) in [7, 11) is 0. The van der Waals surface area contributed by atoms with Crippen molar-refractivity contribution in [3.8, 4) is 0 Å². The van der Waals surface area contributed by atoms with Crippen LogP contribution in [0.1, 0.15) is 25.7 Å². The molecule has 0 aliphatic carbocycles. The molecule has 6 nitrogen and oxygen atoms in total. The summed E-state index contributed by atoms with van der Waals surface area (Å²) in [6.45, 7) is 1.39. The van der Waals surface area contributed by atoms with Gasteiger partial charge in [0.15, 0.2) is 0 Å². The van der Waals surface area contributed by atoms with Crippen LogP contribution in [0.3, 0.4) is 0 Å². The molecule has 1 unspecified atom stereocenters. The molecule has 2 aromatic rings. The monoisotopic (exact) mass is 288 g/mol. The third-order valence-corrected chi connectivity index (χ3v) is 4.15. The Morgan fingerprint density at radius 2 is 2.10 bits per heavy atom. The van der Waals surface area contributed by atoms with E-state index in [2.05, 4.69) is 15.2 Å². The minimum Gasteiger partial charge on any atom is -0.395 e. The molecule has 1 saturated heterocycles. The summed E-state index contributed by atoms with van der Waals surface area (Å²) in [5, 5.41) is 18.3. The lowest BCUT2D eigenvalue weighted by atomic mass is 10.1. The summed E-state index contributed by atoms with van der Waals surface area (Å²) in [6, 6.07) is 7.34. The van der Waals surface area contributed by atoms with Gasteiger partial charge in [-0.25, -0.2) is 0 Å². The summed E-state index contributed by atoms with van der Waals surface area (Å²) in [5.41, 5.74) is 0.495. The van der Waals surface area contributed by atoms with Gasteiger partial charge in [-0.1, -0.05) is 30.2 Å². The fourth-order valence-electron chi connectivity index (χ4n) is 2.92. The van der Waals surface area contributed by atoms with Crippen LogP contribution < -0.4 is 5.56 Å². The minimum absolute atomic E-state index is 0.104. The second-order valence-corrected chi connectivity index (χ2v) is 5.55. The molecular formula is C15H20N4O2. The molecule has 1 aliphatic heterocycles. The van der Waals surface area contributed by atoms with Gasteiger partial charge in [0.05, 0.1) is 18.7 Å². The summed E-state index contributed by atoms with van der Waals surface area (Å²) >= 11 is 0. The van der Waals surface area contributed by atoms with Gasteiger partial charge in [-0.2, -0.15) is 4.68 Å². The number of hydrogen-bond donors (Lipinski definition) is 1. The average Bonchev–Trinajstić information content (AvgIpc) is 2.75. The smallest absolute Gasteiger partial charge is 0.278 e. The number of likely N-dealkylation sites (tertiary alicyclic amines) is 1. The average molecular weight is 288 g/mol. The van der Waals surface area contributed by atoms with E-state index in [0.29, 0.717) is 17.6 Å². The molecular weight excluding hydrogens is 268 g/mol. The second-order valence-electron chi connectivity index (χ2n) is 5.55. The van der Waals surface area contributed by atoms with Crippen molar-refractivity contribution in [1.29, 1.82) is 0 Å². The fraction of sp³-hybridized carbons (Fsp3) is 0.533. The molecule has 3 rings (SSSR count). The number of fused-ring (bicyclic) bond motifs is 1. The van der Waals surface area contributed by atoms with E-state index < -0.39 is 0 Å². The summed E-state index contributed by atoms with van der Waals surface area (Å²) in [4.78, 5) is 14.6. The van der Waals surface area contributed by atoms with Crippen molar-refractivity contribution < 1.29 is 5.11 Å². The number of aliphatic hydroxyl groups is 1. The lowest BCUT2D eigenvalue weighted by Gasteiger charge is -2.28. The Morgan fingerprint density at radius 1 is 1.24 bits per heavy atom. The number of nitrogens with zero attached hydrogens (tertiary/aromatic N) is 4. The summed E-state index contributed by atoms with van der Waals surface area (Å²) in [5.74, 6) is 0. The SMILES string of the molecule is O=c1c2ccccc2nnn1CN1CCCCCC1CO. The van der Waals surface area contributed by atoms with Crippen LogP contribution >= 0.6 is 0 Å². The third-order valence-electron chi connectivity index (χ3n) is 4.15. The Morgan fingerprint density at radius 3 is 2.95 bits per heavy atom. The molecule has 0 saturated carbocycles. The molecule has 1 N–H and O–H groups in total. The molecule has 21 heavy (non-hydrogen) atoms. The zero-order valence-electron chi connectivity index (χ0n) is 12.0. The molecule has 1 fully saturated rings. The van der Waals surface area contributed by atoms with Crippen molar-refractivity contribution in [2.24, 2.45) is 0 Å². The highest BCUT2D eigenvalue weighted by Crippen LogP contribution is 2.16. The molecule has 0 amide bonds. The van der Waals surface area contributed by atoms with Crippen molar-refractivity contribution in [2.75, 3.05) is 13.2 Å². The van der Waals surface area contributed by atoms with E-state index in [-0.39, 0.29) is 18.2 Å². The molecule has 6 heteroatoms. The number of aliphatic hydroxyl groups excluding tert-OH is 1. The highest BCUT2D eigenvalue weighted by atomic mass is 16.3. The molecule has 0 radical (unpaired) electrons. The van der Waals surface area contributed by atoms with E-state index in [0.717, 1.165) is 25.8 Å². The van der Waals surface area contributed by atoms with Gasteiger partial charge < -0.3 is 5.11 Å². The molecule has 1 atom stereocenters. The van der Waals surface area contributed by atoms with Gasteiger partial charge in [0.1, 0.15) is 5.52 Å². The van der Waals surface area contributed by atoms with Crippen LogP contribution in [0.25, 0.3) is 10.9 Å². The van der Waals surface area contributed by atoms with E-state index in [4.69, 9.17) is 0 Å². The Kier molecular flexibility index (Phi) is 4.26. The summed E-state index contributed by atoms with van der Waals surface area (Å²) in [6.07, 6.45) is 4.35. The largest absolute Gasteiger partial charge is 0.395 e. The third kappa shape index (κ3) is 2.96. The van der Waals surface area contributed by atoms with Crippen molar-refractivity contribution >= 4 is 10.9 Å². The van der Waals surface area contributed by atoms with E-state index in [9.17, 15) is 9.90 Å². The second kappa shape index (κ2) is 6.32. The number of benzene rings is 1. The van der Waals surface area contributed by atoms with Crippen molar-refractivity contribution in [2.45, 2.75) is 38.4 Å². The lowest BCUT2D eigenvalue weighted by molar-refractivity contribution is 0.0894. The molecule has 0 spiro atoms. The first-order chi connectivity index (χ1) is 10.3. The van der Waals surface area contributed by atoms with Crippen LogP contribution in [0.15, 0.2) is 29.1 Å². The van der Waals surface area contributed by atoms with E-state index in [1.807, 2.05) is 12.1 Å². The maximum absolute atomic E-state index is 12.5. The number of hydrogen-bond acceptors (Lipinski definition) is 5. The first-order valence-electron chi connectivity index (χ1n) is 7.47. The van der Waals surface area contributed by atoms with Crippen LogP contribution in [0.2, 0.25) is 0 Å². The maximum Gasteiger partial charge on any atom is 0.278 e. The van der Waals surface area contributed by atoms with E-state index >= 15 is 0 Å². The van der Waals surface area contributed by atoms with Crippen molar-refractivity contribution in [3.05, 3.63) is 34.6 Å². The van der Waals surface area contributed by atoms with Crippen LogP contribution in [0.4, 0.5) is 0 Å². The zero-order chi connectivity index (χ0) is 14.7. The topological polar surface area (TPSA) is 71.2 Å². The fourth-order valence-corrected chi connectivity index (χ4v) is 2.92. The molecule has 1 aromatic heterocycles. The van der Waals surface area contributed by atoms with Gasteiger partial charge in [0, 0.05) is 12.6 Å². The van der Waals surface area contributed by atoms with Gasteiger partial charge in [0.2, 0.25) is 0 Å². The quantitative estimate of drug-likeness (QED) is 0.912. The van der Waals surface area contributed by atoms with Gasteiger partial charge in [-0.15, -0.1) is 5.10 Å². The Hall–Kier alpha value is -1.79.